The lowest BCUT2D eigenvalue weighted by Crippen LogP contribution is -3.27. The average molecular weight is 329 g/mol. The summed E-state index contributed by atoms with van der Waals surface area (Å²) in [7, 11) is 0. The van der Waals surface area contributed by atoms with Crippen LogP contribution in [0.5, 0.6) is 0 Å². The molecule has 1 heterocycles. The summed E-state index contributed by atoms with van der Waals surface area (Å²) < 4.78 is 0. The van der Waals surface area contributed by atoms with Gasteiger partial charge in [0.05, 0.1) is 11.5 Å². The normalized spacial score (nSPS) is 34.6. The number of non-ortho nitro benzene ring substituents is 1. The summed E-state index contributed by atoms with van der Waals surface area (Å²) in [6.07, 6.45) is 7.73. The van der Waals surface area contributed by atoms with Crippen molar-refractivity contribution >= 4 is 5.69 Å². The lowest BCUT2D eigenvalue weighted by molar-refractivity contribution is -1.02. The van der Waals surface area contributed by atoms with E-state index in [0.717, 1.165) is 24.3 Å². The Morgan fingerprint density at radius 3 is 2.29 bits per heavy atom. The van der Waals surface area contributed by atoms with Gasteiger partial charge in [-0.15, -0.1) is 0 Å². The predicted molar refractivity (Wildman–Crippen MR) is 91.9 cm³/mol. The van der Waals surface area contributed by atoms with E-state index in [9.17, 15) is 10.1 Å². The zero-order valence-electron chi connectivity index (χ0n) is 14.1. The van der Waals surface area contributed by atoms with Crippen LogP contribution >= 0.6 is 0 Å². The van der Waals surface area contributed by atoms with Gasteiger partial charge in [0.2, 0.25) is 0 Å². The van der Waals surface area contributed by atoms with Gasteiger partial charge in [-0.25, -0.2) is 0 Å². The molecule has 0 unspecified atom stereocenters. The Balaban J connectivity index is 1.24. The van der Waals surface area contributed by atoms with Crippen LogP contribution in [0.25, 0.3) is 0 Å². The van der Waals surface area contributed by atoms with Crippen molar-refractivity contribution in [2.45, 2.75) is 19.4 Å². The van der Waals surface area contributed by atoms with Crippen molar-refractivity contribution in [2.75, 3.05) is 32.7 Å². The molecule has 4 rings (SSSR count). The van der Waals surface area contributed by atoms with Crippen LogP contribution in [0.15, 0.2) is 36.4 Å². The van der Waals surface area contributed by atoms with Crippen LogP contribution in [-0.4, -0.2) is 37.6 Å². The molecule has 2 aliphatic carbocycles. The predicted octanol–water partition coefficient (Wildman–Crippen LogP) is 0.0904. The molecule has 3 aliphatic rings. The highest BCUT2D eigenvalue weighted by Gasteiger charge is 2.38. The van der Waals surface area contributed by atoms with Gasteiger partial charge >= 0.3 is 0 Å². The molecule has 2 N–H and O–H groups in total. The molecule has 2 bridgehead atoms. The van der Waals surface area contributed by atoms with Crippen molar-refractivity contribution < 1.29 is 14.7 Å². The van der Waals surface area contributed by atoms with Crippen LogP contribution in [0.1, 0.15) is 18.4 Å². The van der Waals surface area contributed by atoms with Crippen LogP contribution in [0.2, 0.25) is 0 Å². The maximum Gasteiger partial charge on any atom is 0.269 e. The van der Waals surface area contributed by atoms with Gasteiger partial charge in [0.1, 0.15) is 32.7 Å². The SMILES string of the molecule is O=[N+]([O-])c1ccc(C[NH+]2CC[NH+](C[C@H]3C[C@@H]4C=C[C@H]3C4)CC2)cc1. The third kappa shape index (κ3) is 3.37. The minimum absolute atomic E-state index is 0.183. The van der Waals surface area contributed by atoms with Crippen molar-refractivity contribution in [1.29, 1.82) is 0 Å². The Hall–Kier alpha value is -1.72. The molecule has 5 heteroatoms. The molecular weight excluding hydrogens is 302 g/mol. The number of nitro groups is 1. The van der Waals surface area contributed by atoms with Gasteiger partial charge in [-0.05, 0) is 36.8 Å². The number of fused-ring (bicyclic) bond motifs is 2. The van der Waals surface area contributed by atoms with Crippen LogP contribution in [0, 0.1) is 27.9 Å². The van der Waals surface area contributed by atoms with E-state index in [2.05, 4.69) is 12.2 Å². The van der Waals surface area contributed by atoms with Crippen molar-refractivity contribution in [3.63, 3.8) is 0 Å². The van der Waals surface area contributed by atoms with Crippen molar-refractivity contribution in [2.24, 2.45) is 17.8 Å². The first kappa shape index (κ1) is 15.8. The third-order valence-electron chi connectivity index (χ3n) is 6.23. The zero-order valence-corrected chi connectivity index (χ0v) is 14.1. The number of quaternary nitrogens is 2. The number of hydrogen-bond donors (Lipinski definition) is 2. The molecule has 0 aromatic heterocycles. The summed E-state index contributed by atoms with van der Waals surface area (Å²) >= 11 is 0. The third-order valence-corrected chi connectivity index (χ3v) is 6.23. The topological polar surface area (TPSA) is 52.0 Å². The zero-order chi connectivity index (χ0) is 16.5. The number of hydrogen-bond acceptors (Lipinski definition) is 2. The standard InChI is InChI=1S/C19H25N3O2/c23-22(24)19-5-2-15(3-6-19)13-20-7-9-21(10-8-20)14-18-12-16-1-4-17(18)11-16/h1-6,16-18H,7-14H2/p+2/t16-,17+,18-/m1/s1. The van der Waals surface area contributed by atoms with E-state index < -0.39 is 0 Å². The van der Waals surface area contributed by atoms with Crippen LogP contribution in [-0.2, 0) is 6.54 Å². The molecule has 128 valence electrons. The second-order valence-corrected chi connectivity index (χ2v) is 7.84. The van der Waals surface area contributed by atoms with E-state index in [4.69, 9.17) is 0 Å². The lowest BCUT2D eigenvalue weighted by atomic mass is 9.93. The minimum atomic E-state index is -0.330. The number of piperazine rings is 1. The summed E-state index contributed by atoms with van der Waals surface area (Å²) in [4.78, 5) is 13.8. The van der Waals surface area contributed by atoms with Crippen LogP contribution < -0.4 is 9.80 Å². The Morgan fingerprint density at radius 2 is 1.71 bits per heavy atom. The van der Waals surface area contributed by atoms with Crippen LogP contribution in [0.4, 0.5) is 5.69 Å². The number of benzene rings is 1. The Kier molecular flexibility index (Phi) is 4.37. The fraction of sp³-hybridized carbons (Fsp3) is 0.579. The molecule has 24 heavy (non-hydrogen) atoms. The molecular formula is C19H27N3O2+2. The van der Waals surface area contributed by atoms with E-state index in [1.807, 2.05) is 12.1 Å². The second kappa shape index (κ2) is 6.65. The number of nitrogens with zero attached hydrogens (tertiary/aromatic N) is 1. The summed E-state index contributed by atoms with van der Waals surface area (Å²) in [6.45, 7) is 7.30. The monoisotopic (exact) mass is 329 g/mol. The summed E-state index contributed by atoms with van der Waals surface area (Å²) in [5.74, 6) is 2.67. The van der Waals surface area contributed by atoms with Gasteiger partial charge in [0.15, 0.2) is 0 Å². The van der Waals surface area contributed by atoms with Gasteiger partial charge in [-0.1, -0.05) is 12.2 Å². The highest BCUT2D eigenvalue weighted by atomic mass is 16.6. The Morgan fingerprint density at radius 1 is 1.00 bits per heavy atom. The lowest BCUT2D eigenvalue weighted by Gasteiger charge is -2.32. The molecule has 1 saturated heterocycles. The first-order chi connectivity index (χ1) is 11.7. The van der Waals surface area contributed by atoms with E-state index in [0.29, 0.717) is 0 Å². The van der Waals surface area contributed by atoms with Gasteiger partial charge in [0.25, 0.3) is 5.69 Å². The maximum absolute atomic E-state index is 10.7. The first-order valence-electron chi connectivity index (χ1n) is 9.26. The van der Waals surface area contributed by atoms with Crippen molar-refractivity contribution in [3.8, 4) is 0 Å². The number of nitrogens with one attached hydrogen (secondary N) is 2. The first-order valence-corrected chi connectivity index (χ1v) is 9.26. The minimum Gasteiger partial charge on any atom is -0.325 e. The molecule has 1 aromatic carbocycles. The summed E-state index contributed by atoms with van der Waals surface area (Å²) in [6, 6.07) is 7.07. The largest absolute Gasteiger partial charge is 0.325 e. The number of allylic oxidation sites excluding steroid dienone is 2. The van der Waals surface area contributed by atoms with Crippen LogP contribution in [0.3, 0.4) is 0 Å². The van der Waals surface area contributed by atoms with Gasteiger partial charge in [-0.3, -0.25) is 10.1 Å². The molecule has 5 nitrogen and oxygen atoms in total. The fourth-order valence-electron chi connectivity index (χ4n) is 4.86. The van der Waals surface area contributed by atoms with E-state index in [1.54, 1.807) is 21.9 Å². The molecule has 0 radical (unpaired) electrons. The molecule has 0 amide bonds. The average Bonchev–Trinajstić information content (AvgIpc) is 3.20. The molecule has 3 atom stereocenters. The highest BCUT2D eigenvalue weighted by molar-refractivity contribution is 5.32. The fourth-order valence-corrected chi connectivity index (χ4v) is 4.86. The molecule has 0 spiro atoms. The van der Waals surface area contributed by atoms with Crippen molar-refractivity contribution in [3.05, 3.63) is 52.1 Å². The molecule has 1 aromatic rings. The summed E-state index contributed by atoms with van der Waals surface area (Å²) in [5, 5.41) is 10.7. The molecule has 1 saturated carbocycles. The smallest absolute Gasteiger partial charge is 0.269 e. The maximum atomic E-state index is 10.7. The van der Waals surface area contributed by atoms with Gasteiger partial charge < -0.3 is 9.80 Å². The Bertz CT molecular complexity index is 620. The van der Waals surface area contributed by atoms with Gasteiger partial charge in [0, 0.05) is 23.6 Å². The van der Waals surface area contributed by atoms with Crippen molar-refractivity contribution in [1.82, 2.24) is 0 Å². The second-order valence-electron chi connectivity index (χ2n) is 7.84. The van der Waals surface area contributed by atoms with E-state index in [-0.39, 0.29) is 10.6 Å². The highest BCUT2D eigenvalue weighted by Crippen LogP contribution is 2.42. The number of nitro benzene ring substituents is 1. The van der Waals surface area contributed by atoms with E-state index in [1.165, 1.54) is 51.1 Å². The number of rotatable bonds is 5. The molecule has 2 fully saturated rings. The summed E-state index contributed by atoms with van der Waals surface area (Å²) in [5.41, 5.74) is 1.39. The Labute approximate surface area is 143 Å². The quantitative estimate of drug-likeness (QED) is 0.457. The van der Waals surface area contributed by atoms with Gasteiger partial charge in [-0.2, -0.15) is 0 Å². The van der Waals surface area contributed by atoms with E-state index >= 15 is 0 Å². The molecule has 1 aliphatic heterocycles.